The molecular weight excluding hydrogens is 446 g/mol. The lowest BCUT2D eigenvalue weighted by Gasteiger charge is -2.15. The van der Waals surface area contributed by atoms with Gasteiger partial charge in [0.15, 0.2) is 46.5 Å². The molecule has 0 bridgehead atoms. The van der Waals surface area contributed by atoms with E-state index in [0.717, 1.165) is 13.8 Å². The van der Waals surface area contributed by atoms with E-state index in [1.54, 1.807) is 0 Å². The molecule has 0 N–H and O–H groups in total. The molecule has 0 aliphatic rings. The monoisotopic (exact) mass is 462 g/mol. The molecule has 2 unspecified atom stereocenters. The molecule has 31 heavy (non-hydrogen) atoms. The van der Waals surface area contributed by atoms with Crippen molar-refractivity contribution in [3.05, 3.63) is 68.8 Å². The maximum absolute atomic E-state index is 13.9. The summed E-state index contributed by atoms with van der Waals surface area (Å²) < 4.78 is 141. The van der Waals surface area contributed by atoms with Crippen molar-refractivity contribution in [3.8, 4) is 0 Å². The fourth-order valence-electron chi connectivity index (χ4n) is 2.82. The smallest absolute Gasteiger partial charge is 0.165 e. The second-order valence-electron chi connectivity index (χ2n) is 6.86. The minimum atomic E-state index is -2.22. The Bertz CT molecular complexity index is 840. The van der Waals surface area contributed by atoms with Gasteiger partial charge in [-0.2, -0.15) is 0 Å². The summed E-state index contributed by atoms with van der Waals surface area (Å²) in [6.07, 6.45) is -6.72. The summed E-state index contributed by atoms with van der Waals surface area (Å²) in [5.74, 6) is -13.9. The normalized spacial score (nSPS) is 13.5. The lowest BCUT2D eigenvalue weighted by atomic mass is 10.0. The number of hydrogen-bond acceptors (Lipinski definition) is 1. The Morgan fingerprint density at radius 3 is 1.03 bits per heavy atom. The first-order valence-electron chi connectivity index (χ1n) is 8.87. The van der Waals surface area contributed by atoms with Crippen LogP contribution in [-0.2, 0) is 17.6 Å². The first-order valence-corrected chi connectivity index (χ1v) is 8.87. The van der Waals surface area contributed by atoms with Crippen LogP contribution in [0.2, 0.25) is 0 Å². The molecule has 0 spiro atoms. The Kier molecular flexibility index (Phi) is 7.96. The molecule has 172 valence electrons. The van der Waals surface area contributed by atoms with E-state index < -0.39 is 107 Å². The van der Waals surface area contributed by atoms with Crippen molar-refractivity contribution in [2.45, 2.75) is 39.0 Å². The van der Waals surface area contributed by atoms with E-state index in [4.69, 9.17) is 0 Å². The summed E-state index contributed by atoms with van der Waals surface area (Å²) in [5, 5.41) is 0. The van der Waals surface area contributed by atoms with Gasteiger partial charge in [0.05, 0.1) is 13.2 Å². The maximum atomic E-state index is 13.9. The van der Waals surface area contributed by atoms with E-state index in [0.29, 0.717) is 0 Å². The van der Waals surface area contributed by atoms with Crippen molar-refractivity contribution in [3.63, 3.8) is 0 Å². The molecule has 0 fully saturated rings. The van der Waals surface area contributed by atoms with Gasteiger partial charge in [-0.3, -0.25) is 0 Å². The molecule has 0 heterocycles. The van der Waals surface area contributed by atoms with Gasteiger partial charge in [-0.1, -0.05) is 0 Å². The van der Waals surface area contributed by atoms with E-state index in [9.17, 15) is 43.9 Å². The molecule has 0 aliphatic carbocycles. The summed E-state index contributed by atoms with van der Waals surface area (Å²) in [4.78, 5) is 0. The van der Waals surface area contributed by atoms with E-state index in [1.165, 1.54) is 0 Å². The third kappa shape index (κ3) is 5.13. The Hall–Kier alpha value is -2.30. The van der Waals surface area contributed by atoms with Gasteiger partial charge in [-0.25, -0.2) is 43.9 Å². The van der Waals surface area contributed by atoms with Crippen LogP contribution in [0.25, 0.3) is 0 Å². The van der Waals surface area contributed by atoms with E-state index >= 15 is 0 Å². The van der Waals surface area contributed by atoms with Crippen molar-refractivity contribution in [2.24, 2.45) is 0 Å². The number of ether oxygens (including phenoxy) is 1. The molecule has 0 radical (unpaired) electrons. The Labute approximate surface area is 170 Å². The highest BCUT2D eigenvalue weighted by Gasteiger charge is 2.27. The van der Waals surface area contributed by atoms with Gasteiger partial charge in [-0.15, -0.1) is 0 Å². The number of halogens is 10. The zero-order valence-corrected chi connectivity index (χ0v) is 16.2. The molecule has 1 nitrogen and oxygen atoms in total. The first kappa shape index (κ1) is 25.0. The summed E-state index contributed by atoms with van der Waals surface area (Å²) in [7, 11) is 0. The molecular formula is C20H16F10O. The van der Waals surface area contributed by atoms with Crippen molar-refractivity contribution >= 4 is 0 Å². The molecule has 0 aliphatic heterocycles. The number of benzene rings is 2. The average molecular weight is 462 g/mol. The van der Waals surface area contributed by atoms with E-state index in [-0.39, 0.29) is 0 Å². The Morgan fingerprint density at radius 2 is 0.774 bits per heavy atom. The summed E-state index contributed by atoms with van der Waals surface area (Å²) >= 11 is 0. The Balaban J connectivity index is 1.98. The van der Waals surface area contributed by atoms with Crippen LogP contribution in [0.15, 0.2) is 0 Å². The summed E-state index contributed by atoms with van der Waals surface area (Å²) in [6.45, 7) is -0.402. The van der Waals surface area contributed by atoms with Crippen LogP contribution >= 0.6 is 0 Å². The van der Waals surface area contributed by atoms with Gasteiger partial charge >= 0.3 is 0 Å². The third-order valence-corrected chi connectivity index (χ3v) is 4.60. The number of rotatable bonds is 8. The van der Waals surface area contributed by atoms with Crippen LogP contribution in [0.3, 0.4) is 0 Å². The van der Waals surface area contributed by atoms with Crippen LogP contribution < -0.4 is 0 Å². The van der Waals surface area contributed by atoms with E-state index in [2.05, 4.69) is 4.74 Å². The SMILES string of the molecule is Cc1c(F)c(F)c(CC(F)COCC(F)Cc2c(F)c(F)c(C)c(F)c2F)c(F)c1F. The van der Waals surface area contributed by atoms with Gasteiger partial charge in [0.25, 0.3) is 0 Å². The highest BCUT2D eigenvalue weighted by Crippen LogP contribution is 2.26. The lowest BCUT2D eigenvalue weighted by Crippen LogP contribution is -2.22. The maximum Gasteiger partial charge on any atom is 0.165 e. The molecule has 0 saturated carbocycles. The molecule has 0 saturated heterocycles. The van der Waals surface area contributed by atoms with Crippen LogP contribution in [-0.4, -0.2) is 25.6 Å². The van der Waals surface area contributed by atoms with Gasteiger partial charge in [0.1, 0.15) is 12.3 Å². The molecule has 2 aromatic rings. The minimum Gasteiger partial charge on any atom is -0.375 e. The second-order valence-corrected chi connectivity index (χ2v) is 6.86. The summed E-state index contributed by atoms with van der Waals surface area (Å²) in [6, 6.07) is 0. The van der Waals surface area contributed by atoms with Crippen LogP contribution in [0.4, 0.5) is 43.9 Å². The van der Waals surface area contributed by atoms with Crippen molar-refractivity contribution < 1.29 is 48.6 Å². The fourth-order valence-corrected chi connectivity index (χ4v) is 2.82. The zero-order valence-electron chi connectivity index (χ0n) is 16.2. The quantitative estimate of drug-likeness (QED) is 0.351. The molecule has 0 amide bonds. The van der Waals surface area contributed by atoms with Gasteiger partial charge < -0.3 is 4.74 Å². The minimum absolute atomic E-state index is 0.787. The molecule has 11 heteroatoms. The fraction of sp³-hybridized carbons (Fsp3) is 0.400. The number of hydrogen-bond donors (Lipinski definition) is 0. The van der Waals surface area contributed by atoms with Crippen LogP contribution in [0.5, 0.6) is 0 Å². The average Bonchev–Trinajstić information content (AvgIpc) is 2.74. The third-order valence-electron chi connectivity index (χ3n) is 4.60. The van der Waals surface area contributed by atoms with Gasteiger partial charge in [0.2, 0.25) is 0 Å². The predicted molar refractivity (Wildman–Crippen MR) is 90.0 cm³/mol. The van der Waals surface area contributed by atoms with Gasteiger partial charge in [-0.05, 0) is 13.8 Å². The second kappa shape index (κ2) is 9.88. The highest BCUT2D eigenvalue weighted by atomic mass is 19.2. The van der Waals surface area contributed by atoms with Gasteiger partial charge in [0, 0.05) is 35.1 Å². The lowest BCUT2D eigenvalue weighted by molar-refractivity contribution is 0.0444. The summed E-state index contributed by atoms with van der Waals surface area (Å²) in [5.41, 5.74) is -4.25. The van der Waals surface area contributed by atoms with Crippen LogP contribution in [0.1, 0.15) is 22.3 Å². The molecule has 0 aromatic heterocycles. The molecule has 2 atom stereocenters. The highest BCUT2D eigenvalue weighted by molar-refractivity contribution is 5.30. The largest absolute Gasteiger partial charge is 0.375 e. The first-order chi connectivity index (χ1) is 14.4. The van der Waals surface area contributed by atoms with Crippen molar-refractivity contribution in [1.29, 1.82) is 0 Å². The Morgan fingerprint density at radius 1 is 0.516 bits per heavy atom. The molecule has 2 aromatic carbocycles. The van der Waals surface area contributed by atoms with Crippen molar-refractivity contribution in [1.82, 2.24) is 0 Å². The zero-order chi connectivity index (χ0) is 23.6. The van der Waals surface area contributed by atoms with E-state index in [1.807, 2.05) is 0 Å². The van der Waals surface area contributed by atoms with Crippen LogP contribution in [0, 0.1) is 60.4 Å². The topological polar surface area (TPSA) is 9.23 Å². The number of alkyl halides is 2. The van der Waals surface area contributed by atoms with Crippen molar-refractivity contribution in [2.75, 3.05) is 13.2 Å². The standard InChI is InChI=1S/C20H16F10O/c1-7-13(23)17(27)11(18(28)14(7)24)3-9(21)5-31-6-10(22)4-12-19(29)15(25)8(2)16(26)20(12)30/h9-10H,3-6H2,1-2H3. The molecule has 2 rings (SSSR count). The predicted octanol–water partition coefficient (Wildman–Crippen LogP) is 5.89.